The molecule has 1 aromatic rings. The van der Waals surface area contributed by atoms with Crippen LogP contribution in [0.25, 0.3) is 0 Å². The summed E-state index contributed by atoms with van der Waals surface area (Å²) < 4.78 is 23.8. The lowest BCUT2D eigenvalue weighted by molar-refractivity contribution is 0.0402. The highest BCUT2D eigenvalue weighted by atomic mass is 19.1. The number of Topliss-reactive ketones (excluding diaryl/α,β-unsaturated/α-hetero) is 1. The zero-order chi connectivity index (χ0) is 13.1. The van der Waals surface area contributed by atoms with Crippen LogP contribution in [0.3, 0.4) is 0 Å². The van der Waals surface area contributed by atoms with E-state index in [1.807, 2.05) is 0 Å². The van der Waals surface area contributed by atoms with Gasteiger partial charge in [0, 0.05) is 6.54 Å². The topological polar surface area (TPSA) is 61.5 Å². The minimum absolute atomic E-state index is 0.0847. The third-order valence-corrected chi connectivity index (χ3v) is 3.09. The largest absolute Gasteiger partial charge is 0.496 e. The van der Waals surface area contributed by atoms with Crippen molar-refractivity contribution in [2.45, 2.75) is 25.0 Å². The molecule has 1 aliphatic heterocycles. The van der Waals surface area contributed by atoms with Crippen molar-refractivity contribution in [3.05, 3.63) is 29.6 Å². The Morgan fingerprint density at radius 1 is 1.56 bits per heavy atom. The molecule has 1 fully saturated rings. The number of hydrogen-bond donors (Lipinski definition) is 1. The van der Waals surface area contributed by atoms with Crippen LogP contribution in [0, 0.1) is 5.82 Å². The van der Waals surface area contributed by atoms with Crippen LogP contribution in [0.2, 0.25) is 0 Å². The fourth-order valence-corrected chi connectivity index (χ4v) is 2.12. The zero-order valence-electron chi connectivity index (χ0n) is 10.2. The molecule has 1 aromatic carbocycles. The average Bonchev–Trinajstić information content (AvgIpc) is 2.86. The maximum Gasteiger partial charge on any atom is 0.195 e. The van der Waals surface area contributed by atoms with Gasteiger partial charge in [0.1, 0.15) is 17.7 Å². The molecular weight excluding hydrogens is 237 g/mol. The normalized spacial score (nSPS) is 23.1. The number of carbonyl (C=O) groups excluding carboxylic acids is 1. The van der Waals surface area contributed by atoms with E-state index in [4.69, 9.17) is 15.2 Å². The van der Waals surface area contributed by atoms with Gasteiger partial charge in [-0.05, 0) is 31.0 Å². The van der Waals surface area contributed by atoms with Crippen molar-refractivity contribution >= 4 is 5.78 Å². The first-order valence-corrected chi connectivity index (χ1v) is 5.89. The number of carbonyl (C=O) groups is 1. The van der Waals surface area contributed by atoms with Gasteiger partial charge in [0.15, 0.2) is 5.78 Å². The molecule has 0 spiro atoms. The van der Waals surface area contributed by atoms with E-state index in [9.17, 15) is 9.18 Å². The molecular formula is C13H16FNO3. The third kappa shape index (κ3) is 2.52. The number of benzene rings is 1. The van der Waals surface area contributed by atoms with Gasteiger partial charge < -0.3 is 15.2 Å². The van der Waals surface area contributed by atoms with Crippen LogP contribution >= 0.6 is 0 Å². The van der Waals surface area contributed by atoms with Gasteiger partial charge in [0.2, 0.25) is 0 Å². The second kappa shape index (κ2) is 5.46. The first kappa shape index (κ1) is 13.0. The van der Waals surface area contributed by atoms with E-state index in [0.29, 0.717) is 18.7 Å². The first-order chi connectivity index (χ1) is 8.65. The second-order valence-electron chi connectivity index (χ2n) is 4.27. The Morgan fingerprint density at radius 3 is 2.94 bits per heavy atom. The Labute approximate surface area is 105 Å². The molecule has 0 aromatic heterocycles. The van der Waals surface area contributed by atoms with Crippen LogP contribution in [-0.4, -0.2) is 31.6 Å². The van der Waals surface area contributed by atoms with Crippen molar-refractivity contribution in [1.29, 1.82) is 0 Å². The number of halogens is 1. The summed E-state index contributed by atoms with van der Waals surface area (Å²) in [6, 6.07) is 3.88. The average molecular weight is 253 g/mol. The van der Waals surface area contributed by atoms with E-state index < -0.39 is 11.9 Å². The van der Waals surface area contributed by atoms with Crippen molar-refractivity contribution in [3.63, 3.8) is 0 Å². The van der Waals surface area contributed by atoms with Crippen LogP contribution in [0.5, 0.6) is 5.75 Å². The Kier molecular flexibility index (Phi) is 3.93. The van der Waals surface area contributed by atoms with Gasteiger partial charge >= 0.3 is 0 Å². The summed E-state index contributed by atoms with van der Waals surface area (Å²) in [5.74, 6) is -0.351. The Morgan fingerprint density at radius 2 is 2.33 bits per heavy atom. The molecule has 5 heteroatoms. The lowest BCUT2D eigenvalue weighted by Gasteiger charge is -2.13. The molecule has 2 N–H and O–H groups in total. The van der Waals surface area contributed by atoms with E-state index in [2.05, 4.69) is 0 Å². The summed E-state index contributed by atoms with van der Waals surface area (Å²) in [7, 11) is 1.45. The summed E-state index contributed by atoms with van der Waals surface area (Å²) in [5, 5.41) is 0. The second-order valence-corrected chi connectivity index (χ2v) is 4.27. The van der Waals surface area contributed by atoms with Crippen molar-refractivity contribution < 1.29 is 18.7 Å². The van der Waals surface area contributed by atoms with Gasteiger partial charge in [-0.2, -0.15) is 0 Å². The fraction of sp³-hybridized carbons (Fsp3) is 0.462. The molecule has 0 radical (unpaired) electrons. The molecule has 2 rings (SSSR count). The zero-order valence-corrected chi connectivity index (χ0v) is 10.2. The van der Waals surface area contributed by atoms with E-state index in [1.165, 1.54) is 25.3 Å². The summed E-state index contributed by atoms with van der Waals surface area (Å²) in [6.45, 7) is 0.393. The third-order valence-electron chi connectivity index (χ3n) is 3.09. The van der Waals surface area contributed by atoms with Gasteiger partial charge in [0.05, 0.1) is 18.8 Å². The molecule has 18 heavy (non-hydrogen) atoms. The summed E-state index contributed by atoms with van der Waals surface area (Å²) in [6.07, 6.45) is 0.734. The molecule has 2 atom stereocenters. The standard InChI is InChI=1S/C13H16FNO3/c1-17-11-4-2-8(14)6-10(11)13(16)12-5-3-9(7-15)18-12/h2,4,6,9,12H,3,5,7,15H2,1H3. The maximum absolute atomic E-state index is 13.2. The highest BCUT2D eigenvalue weighted by Gasteiger charge is 2.32. The number of ketones is 1. The highest BCUT2D eigenvalue weighted by molar-refractivity contribution is 6.02. The lowest BCUT2D eigenvalue weighted by atomic mass is 10.0. The number of ether oxygens (including phenoxy) is 2. The summed E-state index contributed by atoms with van der Waals surface area (Å²) in [5.41, 5.74) is 5.72. The van der Waals surface area contributed by atoms with Crippen molar-refractivity contribution in [1.82, 2.24) is 0 Å². The molecule has 1 aliphatic rings. The highest BCUT2D eigenvalue weighted by Crippen LogP contribution is 2.27. The van der Waals surface area contributed by atoms with Crippen molar-refractivity contribution in [3.8, 4) is 5.75 Å². The Bertz CT molecular complexity index is 450. The monoisotopic (exact) mass is 253 g/mol. The summed E-state index contributed by atoms with van der Waals surface area (Å²) >= 11 is 0. The van der Waals surface area contributed by atoms with Crippen molar-refractivity contribution in [2.24, 2.45) is 5.73 Å². The van der Waals surface area contributed by atoms with Crippen molar-refractivity contribution in [2.75, 3.05) is 13.7 Å². The number of nitrogens with two attached hydrogens (primary N) is 1. The van der Waals surface area contributed by atoms with Gasteiger partial charge in [-0.1, -0.05) is 0 Å². The van der Waals surface area contributed by atoms with Gasteiger partial charge in [0.25, 0.3) is 0 Å². The molecule has 1 heterocycles. The van der Waals surface area contributed by atoms with Gasteiger partial charge in [-0.3, -0.25) is 4.79 Å². The number of rotatable bonds is 4. The number of methoxy groups -OCH3 is 1. The molecule has 0 saturated carbocycles. The Hall–Kier alpha value is -1.46. The molecule has 0 amide bonds. The van der Waals surface area contributed by atoms with E-state index >= 15 is 0 Å². The van der Waals surface area contributed by atoms with Crippen LogP contribution in [-0.2, 0) is 4.74 Å². The van der Waals surface area contributed by atoms with E-state index in [0.717, 1.165) is 6.42 Å². The smallest absolute Gasteiger partial charge is 0.195 e. The van der Waals surface area contributed by atoms with Crippen LogP contribution in [0.1, 0.15) is 23.2 Å². The molecule has 4 nitrogen and oxygen atoms in total. The van der Waals surface area contributed by atoms with Crippen LogP contribution < -0.4 is 10.5 Å². The van der Waals surface area contributed by atoms with E-state index in [-0.39, 0.29) is 17.5 Å². The quantitative estimate of drug-likeness (QED) is 0.826. The predicted molar refractivity (Wildman–Crippen MR) is 64.2 cm³/mol. The minimum Gasteiger partial charge on any atom is -0.496 e. The molecule has 98 valence electrons. The minimum atomic E-state index is -0.547. The fourth-order valence-electron chi connectivity index (χ4n) is 2.12. The molecule has 2 unspecified atom stereocenters. The maximum atomic E-state index is 13.2. The molecule has 0 bridgehead atoms. The van der Waals surface area contributed by atoms with Gasteiger partial charge in [-0.15, -0.1) is 0 Å². The number of hydrogen-bond acceptors (Lipinski definition) is 4. The molecule has 1 saturated heterocycles. The van der Waals surface area contributed by atoms with E-state index in [1.54, 1.807) is 0 Å². The SMILES string of the molecule is COc1ccc(F)cc1C(=O)C1CCC(CN)O1. The Balaban J connectivity index is 2.21. The first-order valence-electron chi connectivity index (χ1n) is 5.89. The molecule has 0 aliphatic carbocycles. The van der Waals surface area contributed by atoms with Gasteiger partial charge in [-0.25, -0.2) is 4.39 Å². The summed E-state index contributed by atoms with van der Waals surface area (Å²) in [4.78, 5) is 12.2. The predicted octanol–water partition coefficient (Wildman–Crippen LogP) is 1.52. The lowest BCUT2D eigenvalue weighted by Crippen LogP contribution is -2.25. The van der Waals surface area contributed by atoms with Crippen LogP contribution in [0.4, 0.5) is 4.39 Å². The van der Waals surface area contributed by atoms with Crippen LogP contribution in [0.15, 0.2) is 18.2 Å².